The van der Waals surface area contributed by atoms with Crippen LogP contribution in [0.15, 0.2) is 0 Å². The van der Waals surface area contributed by atoms with E-state index < -0.39 is 37.3 Å². The maximum absolute atomic E-state index is 9.16. The van der Waals surface area contributed by atoms with Crippen LogP contribution >= 0.6 is 0 Å². The summed E-state index contributed by atoms with van der Waals surface area (Å²) in [5.74, 6) is 0. The summed E-state index contributed by atoms with van der Waals surface area (Å²) >= 11 is 0. The van der Waals surface area contributed by atoms with Crippen molar-refractivity contribution in [2.24, 2.45) is 0 Å². The molecule has 0 aliphatic carbocycles. The highest BCUT2D eigenvalue weighted by atomic mass is 16.6. The zero-order valence-electron chi connectivity index (χ0n) is 6.29. The van der Waals surface area contributed by atoms with E-state index in [2.05, 4.69) is 4.74 Å². The lowest BCUT2D eigenvalue weighted by molar-refractivity contribution is -0.242. The molecule has 1 fully saturated rings. The van der Waals surface area contributed by atoms with Crippen LogP contribution in [0.2, 0.25) is 0 Å². The van der Waals surface area contributed by atoms with E-state index in [1.165, 1.54) is 0 Å². The minimum Gasteiger partial charge on any atom is -0.668 e. The molecule has 2 unspecified atom stereocenters. The van der Waals surface area contributed by atoms with Gasteiger partial charge in [-0.25, -0.2) is 0 Å². The van der Waals surface area contributed by atoms with Gasteiger partial charge in [-0.15, -0.1) is 0 Å². The fourth-order valence-electron chi connectivity index (χ4n) is 1.10. The van der Waals surface area contributed by atoms with Crippen molar-refractivity contribution in [2.45, 2.75) is 30.6 Å². The Hall–Kier alpha value is -0.240. The summed E-state index contributed by atoms with van der Waals surface area (Å²) in [5, 5.41) is 35.9. The van der Waals surface area contributed by atoms with Gasteiger partial charge < -0.3 is 30.9 Å². The van der Waals surface area contributed by atoms with Gasteiger partial charge in [-0.05, 0) is 0 Å². The van der Waals surface area contributed by atoms with E-state index in [0.717, 1.165) is 0 Å². The molecule has 0 spiro atoms. The van der Waals surface area contributed by atoms with E-state index in [-0.39, 0.29) is 0 Å². The van der Waals surface area contributed by atoms with Gasteiger partial charge in [0.2, 0.25) is 0 Å². The standard InChI is InChI=1S/C6H12NO5/c7-3-5(10)4(9)2(1-8)12-6(3)11/h2-11H,1H2/q-1/t2?,3?,4-,5+,6-/m1/s1. The van der Waals surface area contributed by atoms with Crippen LogP contribution in [0.1, 0.15) is 0 Å². The highest BCUT2D eigenvalue weighted by Crippen LogP contribution is 2.20. The first-order chi connectivity index (χ1) is 5.57. The molecule has 6 nitrogen and oxygen atoms in total. The molecule has 1 aliphatic rings. The topological polar surface area (TPSA) is 114 Å². The lowest BCUT2D eigenvalue weighted by Gasteiger charge is -2.42. The third-order valence-corrected chi connectivity index (χ3v) is 1.90. The van der Waals surface area contributed by atoms with E-state index in [0.29, 0.717) is 0 Å². The van der Waals surface area contributed by atoms with Crippen molar-refractivity contribution in [3.05, 3.63) is 5.73 Å². The fraction of sp³-hybridized carbons (Fsp3) is 1.00. The molecule has 1 rings (SSSR count). The van der Waals surface area contributed by atoms with E-state index in [1.54, 1.807) is 0 Å². The summed E-state index contributed by atoms with van der Waals surface area (Å²) in [6.07, 6.45) is -5.18. The first kappa shape index (κ1) is 9.85. The summed E-state index contributed by atoms with van der Waals surface area (Å²) in [4.78, 5) is 0. The lowest BCUT2D eigenvalue weighted by Crippen LogP contribution is -2.57. The molecule has 0 aromatic carbocycles. The van der Waals surface area contributed by atoms with Crippen LogP contribution in [-0.4, -0.2) is 57.7 Å². The minimum atomic E-state index is -1.46. The molecule has 0 amide bonds. The molecule has 1 heterocycles. The molecular formula is C6H12NO5-. The Bertz CT molecular complexity index is 150. The zero-order valence-corrected chi connectivity index (χ0v) is 6.29. The molecule has 72 valence electrons. The quantitative estimate of drug-likeness (QED) is 0.365. The molecule has 1 saturated heterocycles. The number of ether oxygens (including phenoxy) is 1. The van der Waals surface area contributed by atoms with Crippen LogP contribution in [0.3, 0.4) is 0 Å². The lowest BCUT2D eigenvalue weighted by atomic mass is 9.98. The maximum Gasteiger partial charge on any atom is 0.141 e. The van der Waals surface area contributed by atoms with Gasteiger partial charge in [0, 0.05) is 0 Å². The SMILES string of the molecule is [NH-]C1[C@H](O)OC(CO)[C@@H](O)[C@H]1O. The highest BCUT2D eigenvalue weighted by molar-refractivity contribution is 4.96. The summed E-state index contributed by atoms with van der Waals surface area (Å²) in [5.41, 5.74) is 7.11. The van der Waals surface area contributed by atoms with E-state index in [1.807, 2.05) is 0 Å². The molecule has 0 aromatic heterocycles. The highest BCUT2D eigenvalue weighted by Gasteiger charge is 2.37. The van der Waals surface area contributed by atoms with Gasteiger partial charge in [-0.3, -0.25) is 0 Å². The average molecular weight is 178 g/mol. The maximum atomic E-state index is 9.16. The Labute approximate surface area is 69.2 Å². The van der Waals surface area contributed by atoms with Gasteiger partial charge >= 0.3 is 0 Å². The molecular weight excluding hydrogens is 166 g/mol. The van der Waals surface area contributed by atoms with Gasteiger partial charge in [0.15, 0.2) is 0 Å². The Morgan fingerprint density at radius 3 is 2.25 bits per heavy atom. The van der Waals surface area contributed by atoms with E-state index in [4.69, 9.17) is 26.2 Å². The number of hydrogen-bond acceptors (Lipinski definition) is 5. The smallest absolute Gasteiger partial charge is 0.141 e. The van der Waals surface area contributed by atoms with Crippen molar-refractivity contribution in [1.29, 1.82) is 0 Å². The van der Waals surface area contributed by atoms with E-state index >= 15 is 0 Å². The second-order valence-electron chi connectivity index (χ2n) is 2.75. The second-order valence-corrected chi connectivity index (χ2v) is 2.75. The summed E-state index contributed by atoms with van der Waals surface area (Å²) in [6, 6.07) is -1.29. The fourth-order valence-corrected chi connectivity index (χ4v) is 1.10. The molecule has 0 saturated carbocycles. The van der Waals surface area contributed by atoms with Crippen molar-refractivity contribution < 1.29 is 25.2 Å². The number of nitrogens with one attached hydrogen (secondary N) is 1. The Balaban J connectivity index is 2.63. The first-order valence-corrected chi connectivity index (χ1v) is 3.59. The van der Waals surface area contributed by atoms with Crippen molar-refractivity contribution in [3.63, 3.8) is 0 Å². The van der Waals surface area contributed by atoms with Gasteiger partial charge in [-0.2, -0.15) is 0 Å². The first-order valence-electron chi connectivity index (χ1n) is 3.59. The zero-order chi connectivity index (χ0) is 9.30. The van der Waals surface area contributed by atoms with Crippen LogP contribution in [0.4, 0.5) is 0 Å². The van der Waals surface area contributed by atoms with E-state index in [9.17, 15) is 0 Å². The molecule has 0 radical (unpaired) electrons. The van der Waals surface area contributed by atoms with Gasteiger partial charge in [-0.1, -0.05) is 6.04 Å². The van der Waals surface area contributed by atoms with Crippen LogP contribution in [0, 0.1) is 0 Å². The van der Waals surface area contributed by atoms with Crippen molar-refractivity contribution in [2.75, 3.05) is 6.61 Å². The van der Waals surface area contributed by atoms with Crippen LogP contribution in [0.5, 0.6) is 0 Å². The predicted molar refractivity (Wildman–Crippen MR) is 38.1 cm³/mol. The second kappa shape index (κ2) is 3.65. The summed E-state index contributed by atoms with van der Waals surface area (Å²) in [7, 11) is 0. The Morgan fingerprint density at radius 2 is 1.75 bits per heavy atom. The molecule has 5 N–H and O–H groups in total. The third-order valence-electron chi connectivity index (χ3n) is 1.90. The molecule has 6 heteroatoms. The van der Waals surface area contributed by atoms with Crippen molar-refractivity contribution in [3.8, 4) is 0 Å². The third kappa shape index (κ3) is 1.58. The number of aliphatic hydroxyl groups excluding tert-OH is 4. The Kier molecular flexibility index (Phi) is 2.99. The molecule has 5 atom stereocenters. The number of rotatable bonds is 1. The van der Waals surface area contributed by atoms with Crippen molar-refractivity contribution >= 4 is 0 Å². The van der Waals surface area contributed by atoms with Gasteiger partial charge in [0.1, 0.15) is 18.5 Å². The molecule has 0 aromatic rings. The summed E-state index contributed by atoms with van der Waals surface area (Å²) in [6.45, 7) is -0.498. The van der Waals surface area contributed by atoms with Crippen LogP contribution in [0.25, 0.3) is 5.73 Å². The van der Waals surface area contributed by atoms with Crippen LogP contribution in [-0.2, 0) is 4.74 Å². The van der Waals surface area contributed by atoms with Crippen molar-refractivity contribution in [1.82, 2.24) is 0 Å². The van der Waals surface area contributed by atoms with Crippen LogP contribution < -0.4 is 0 Å². The molecule has 0 bridgehead atoms. The predicted octanol–water partition coefficient (Wildman–Crippen LogP) is -2.16. The largest absolute Gasteiger partial charge is 0.668 e. The molecule has 1 aliphatic heterocycles. The summed E-state index contributed by atoms with van der Waals surface area (Å²) < 4.78 is 4.64. The minimum absolute atomic E-state index is 0.498. The number of hydrogen-bond donors (Lipinski definition) is 4. The van der Waals surface area contributed by atoms with Gasteiger partial charge in [0.25, 0.3) is 0 Å². The average Bonchev–Trinajstić information content (AvgIpc) is 2.08. The van der Waals surface area contributed by atoms with Gasteiger partial charge in [0.05, 0.1) is 12.7 Å². The molecule has 12 heavy (non-hydrogen) atoms. The monoisotopic (exact) mass is 178 g/mol. The number of aliphatic hydroxyl groups is 4. The Morgan fingerprint density at radius 1 is 1.17 bits per heavy atom. The normalized spacial score (nSPS) is 49.2.